The topological polar surface area (TPSA) is 58.8 Å². The first-order chi connectivity index (χ1) is 11.4. The molecule has 1 aromatic heterocycles. The molecule has 0 aliphatic rings. The standard InChI is InChI=1S/C18H25N3O2/c1-22-15-13-21-18(20-12-10-17-8-5-14-23-17)19-11-9-16-6-3-2-4-7-16/h2-8,14H,9-13,15H2,1H3,(H2,19,20,21). The van der Waals surface area contributed by atoms with Crippen LogP contribution >= 0.6 is 0 Å². The van der Waals surface area contributed by atoms with Crippen molar-refractivity contribution in [3.05, 3.63) is 60.1 Å². The van der Waals surface area contributed by atoms with Crippen LogP contribution in [0.4, 0.5) is 0 Å². The van der Waals surface area contributed by atoms with Gasteiger partial charge in [-0.3, -0.25) is 4.99 Å². The van der Waals surface area contributed by atoms with Gasteiger partial charge in [-0.2, -0.15) is 0 Å². The van der Waals surface area contributed by atoms with Crippen molar-refractivity contribution in [2.75, 3.05) is 33.4 Å². The molecular weight excluding hydrogens is 290 g/mol. The second kappa shape index (κ2) is 10.5. The van der Waals surface area contributed by atoms with Crippen molar-refractivity contribution in [3.63, 3.8) is 0 Å². The van der Waals surface area contributed by atoms with Crippen molar-refractivity contribution in [1.29, 1.82) is 0 Å². The molecule has 5 heteroatoms. The highest BCUT2D eigenvalue weighted by Gasteiger charge is 2.00. The second-order valence-electron chi connectivity index (χ2n) is 5.14. The summed E-state index contributed by atoms with van der Waals surface area (Å²) in [6.07, 6.45) is 3.49. The summed E-state index contributed by atoms with van der Waals surface area (Å²) in [6.45, 7) is 2.86. The summed E-state index contributed by atoms with van der Waals surface area (Å²) in [4.78, 5) is 4.50. The van der Waals surface area contributed by atoms with E-state index in [9.17, 15) is 0 Å². The molecule has 0 aliphatic carbocycles. The number of rotatable bonds is 9. The van der Waals surface area contributed by atoms with E-state index in [1.807, 2.05) is 18.2 Å². The van der Waals surface area contributed by atoms with Gasteiger partial charge in [-0.25, -0.2) is 0 Å². The van der Waals surface area contributed by atoms with Gasteiger partial charge in [0.25, 0.3) is 0 Å². The van der Waals surface area contributed by atoms with Crippen molar-refractivity contribution >= 4 is 5.96 Å². The predicted octanol–water partition coefficient (Wildman–Crippen LogP) is 2.25. The van der Waals surface area contributed by atoms with E-state index in [0.717, 1.165) is 37.7 Å². The zero-order valence-corrected chi connectivity index (χ0v) is 13.6. The Balaban J connectivity index is 1.75. The van der Waals surface area contributed by atoms with Crippen LogP contribution in [0.25, 0.3) is 0 Å². The van der Waals surface area contributed by atoms with Crippen molar-refractivity contribution in [1.82, 2.24) is 10.6 Å². The lowest BCUT2D eigenvalue weighted by Gasteiger charge is -2.12. The lowest BCUT2D eigenvalue weighted by atomic mass is 10.1. The van der Waals surface area contributed by atoms with Crippen molar-refractivity contribution < 1.29 is 9.15 Å². The van der Waals surface area contributed by atoms with Crippen LogP contribution in [-0.2, 0) is 17.6 Å². The molecule has 0 radical (unpaired) electrons. The van der Waals surface area contributed by atoms with Crippen LogP contribution < -0.4 is 10.6 Å². The van der Waals surface area contributed by atoms with Gasteiger partial charge in [-0.15, -0.1) is 0 Å². The zero-order chi connectivity index (χ0) is 16.2. The maximum Gasteiger partial charge on any atom is 0.191 e. The number of benzene rings is 1. The Hall–Kier alpha value is -2.27. The number of nitrogens with zero attached hydrogens (tertiary/aromatic N) is 1. The fraction of sp³-hybridized carbons (Fsp3) is 0.389. The molecule has 0 saturated carbocycles. The maximum absolute atomic E-state index is 5.33. The second-order valence-corrected chi connectivity index (χ2v) is 5.14. The third-order valence-corrected chi connectivity index (χ3v) is 3.36. The van der Waals surface area contributed by atoms with Gasteiger partial charge in [0.2, 0.25) is 0 Å². The average Bonchev–Trinajstić information content (AvgIpc) is 3.09. The highest BCUT2D eigenvalue weighted by Crippen LogP contribution is 2.00. The van der Waals surface area contributed by atoms with E-state index in [1.54, 1.807) is 13.4 Å². The summed E-state index contributed by atoms with van der Waals surface area (Å²) in [7, 11) is 1.68. The molecule has 23 heavy (non-hydrogen) atoms. The van der Waals surface area contributed by atoms with Crippen LogP contribution in [0.2, 0.25) is 0 Å². The predicted molar refractivity (Wildman–Crippen MR) is 92.7 cm³/mol. The quantitative estimate of drug-likeness (QED) is 0.423. The van der Waals surface area contributed by atoms with E-state index in [4.69, 9.17) is 9.15 Å². The van der Waals surface area contributed by atoms with Crippen LogP contribution in [0.15, 0.2) is 58.1 Å². The monoisotopic (exact) mass is 315 g/mol. The lowest BCUT2D eigenvalue weighted by molar-refractivity contribution is 0.208. The normalized spacial score (nSPS) is 11.4. The first-order valence-electron chi connectivity index (χ1n) is 7.96. The SMILES string of the molecule is COCCN=C(NCCc1ccccc1)NCCc1ccco1. The van der Waals surface area contributed by atoms with E-state index in [0.29, 0.717) is 13.2 Å². The largest absolute Gasteiger partial charge is 0.469 e. The van der Waals surface area contributed by atoms with Crippen LogP contribution in [0.3, 0.4) is 0 Å². The van der Waals surface area contributed by atoms with Gasteiger partial charge in [0.1, 0.15) is 5.76 Å². The summed E-state index contributed by atoms with van der Waals surface area (Å²) >= 11 is 0. The zero-order valence-electron chi connectivity index (χ0n) is 13.6. The number of aliphatic imine (C=N–C) groups is 1. The molecule has 0 bridgehead atoms. The van der Waals surface area contributed by atoms with Crippen LogP contribution in [0, 0.1) is 0 Å². The summed E-state index contributed by atoms with van der Waals surface area (Å²) < 4.78 is 10.4. The van der Waals surface area contributed by atoms with Gasteiger partial charge in [-0.05, 0) is 24.1 Å². The Morgan fingerprint density at radius 2 is 1.83 bits per heavy atom. The minimum absolute atomic E-state index is 0.615. The minimum atomic E-state index is 0.615. The van der Waals surface area contributed by atoms with E-state index < -0.39 is 0 Å². The Labute approximate surface area is 137 Å². The van der Waals surface area contributed by atoms with Gasteiger partial charge in [0.15, 0.2) is 5.96 Å². The molecule has 0 amide bonds. The summed E-state index contributed by atoms with van der Waals surface area (Å²) in [5, 5.41) is 6.69. The maximum atomic E-state index is 5.33. The van der Waals surface area contributed by atoms with Crippen molar-refractivity contribution in [3.8, 4) is 0 Å². The molecule has 0 saturated heterocycles. The molecule has 0 aliphatic heterocycles. The number of furan rings is 1. The number of hydrogen-bond acceptors (Lipinski definition) is 3. The molecule has 2 aromatic rings. The average molecular weight is 315 g/mol. The molecule has 5 nitrogen and oxygen atoms in total. The van der Waals surface area contributed by atoms with Gasteiger partial charge in [-0.1, -0.05) is 30.3 Å². The number of guanidine groups is 1. The van der Waals surface area contributed by atoms with Gasteiger partial charge in [0, 0.05) is 26.6 Å². The third kappa shape index (κ3) is 7.02. The molecular formula is C18H25N3O2. The summed E-state index contributed by atoms with van der Waals surface area (Å²) in [6, 6.07) is 14.3. The van der Waals surface area contributed by atoms with Crippen LogP contribution in [-0.4, -0.2) is 39.3 Å². The minimum Gasteiger partial charge on any atom is -0.469 e. The molecule has 0 spiro atoms. The summed E-state index contributed by atoms with van der Waals surface area (Å²) in [5.41, 5.74) is 1.31. The van der Waals surface area contributed by atoms with Gasteiger partial charge < -0.3 is 19.8 Å². The molecule has 1 heterocycles. The Kier molecular flexibility index (Phi) is 7.77. The third-order valence-electron chi connectivity index (χ3n) is 3.36. The Morgan fingerprint density at radius 3 is 2.52 bits per heavy atom. The van der Waals surface area contributed by atoms with E-state index in [2.05, 4.69) is 39.9 Å². The molecule has 0 fully saturated rings. The van der Waals surface area contributed by atoms with E-state index in [1.165, 1.54) is 5.56 Å². The first-order valence-corrected chi connectivity index (χ1v) is 7.96. The first kappa shape index (κ1) is 17.1. The van der Waals surface area contributed by atoms with Crippen LogP contribution in [0.1, 0.15) is 11.3 Å². The fourth-order valence-electron chi connectivity index (χ4n) is 2.15. The van der Waals surface area contributed by atoms with E-state index in [-0.39, 0.29) is 0 Å². The van der Waals surface area contributed by atoms with E-state index >= 15 is 0 Å². The molecule has 2 rings (SSSR count). The van der Waals surface area contributed by atoms with Crippen molar-refractivity contribution in [2.45, 2.75) is 12.8 Å². The van der Waals surface area contributed by atoms with Gasteiger partial charge in [0.05, 0.1) is 19.4 Å². The highest BCUT2D eigenvalue weighted by molar-refractivity contribution is 5.79. The van der Waals surface area contributed by atoms with Crippen LogP contribution in [0.5, 0.6) is 0 Å². The fourth-order valence-corrected chi connectivity index (χ4v) is 2.15. The number of nitrogens with one attached hydrogen (secondary N) is 2. The molecule has 0 atom stereocenters. The Morgan fingerprint density at radius 1 is 1.04 bits per heavy atom. The van der Waals surface area contributed by atoms with Gasteiger partial charge >= 0.3 is 0 Å². The highest BCUT2D eigenvalue weighted by atomic mass is 16.5. The lowest BCUT2D eigenvalue weighted by Crippen LogP contribution is -2.39. The number of methoxy groups -OCH3 is 1. The molecule has 2 N–H and O–H groups in total. The molecule has 1 aromatic carbocycles. The molecule has 124 valence electrons. The van der Waals surface area contributed by atoms with Crippen molar-refractivity contribution in [2.24, 2.45) is 4.99 Å². The number of ether oxygens (including phenoxy) is 1. The molecule has 0 unspecified atom stereocenters. The number of hydrogen-bond donors (Lipinski definition) is 2. The smallest absolute Gasteiger partial charge is 0.191 e. The summed E-state index contributed by atoms with van der Waals surface area (Å²) in [5.74, 6) is 1.78. The Bertz CT molecular complexity index is 553.